The van der Waals surface area contributed by atoms with Crippen LogP contribution < -0.4 is 0 Å². The van der Waals surface area contributed by atoms with Gasteiger partial charge in [0.25, 0.3) is 0 Å². The maximum absolute atomic E-state index is 12.8. The van der Waals surface area contributed by atoms with Crippen molar-refractivity contribution in [1.82, 2.24) is 0 Å². The molecule has 0 aromatic heterocycles. The van der Waals surface area contributed by atoms with Crippen LogP contribution in [-0.2, 0) is 14.3 Å². The Morgan fingerprint density at radius 3 is 2.65 bits per heavy atom. The first-order valence-electron chi connectivity index (χ1n) is 10.8. The minimum absolute atomic E-state index is 0.134. The summed E-state index contributed by atoms with van der Waals surface area (Å²) in [5.41, 5.74) is 1.61. The SMILES string of the molecule is CC(C)C1=CC23CCC4C(C)CCCC4(C)C2CC1C1C(=O)OC(=O)C13. The summed E-state index contributed by atoms with van der Waals surface area (Å²) >= 11 is 0. The Morgan fingerprint density at radius 2 is 1.92 bits per heavy atom. The van der Waals surface area contributed by atoms with Crippen molar-refractivity contribution in [2.24, 2.45) is 52.3 Å². The molecule has 6 rings (SSSR count). The van der Waals surface area contributed by atoms with Gasteiger partial charge >= 0.3 is 11.9 Å². The van der Waals surface area contributed by atoms with Gasteiger partial charge in [0, 0.05) is 5.41 Å². The van der Waals surface area contributed by atoms with Crippen molar-refractivity contribution in [1.29, 1.82) is 0 Å². The van der Waals surface area contributed by atoms with E-state index in [4.69, 9.17) is 4.74 Å². The summed E-state index contributed by atoms with van der Waals surface area (Å²) in [6.45, 7) is 9.43. The van der Waals surface area contributed by atoms with Gasteiger partial charge in [-0.3, -0.25) is 9.59 Å². The molecular weight excluding hydrogens is 324 g/mol. The summed E-state index contributed by atoms with van der Waals surface area (Å²) < 4.78 is 5.24. The Hall–Kier alpha value is -1.12. The number of hydrogen-bond donors (Lipinski definition) is 0. The molecule has 6 aliphatic rings. The number of cyclic esters (lactones) is 2. The Morgan fingerprint density at radius 1 is 1.15 bits per heavy atom. The molecule has 4 fully saturated rings. The van der Waals surface area contributed by atoms with Crippen LogP contribution in [0.3, 0.4) is 0 Å². The summed E-state index contributed by atoms with van der Waals surface area (Å²) in [6.07, 6.45) is 9.80. The Kier molecular flexibility index (Phi) is 3.42. The maximum atomic E-state index is 12.8. The molecule has 0 N–H and O–H groups in total. The van der Waals surface area contributed by atoms with Gasteiger partial charge in [0.15, 0.2) is 0 Å². The molecule has 0 amide bonds. The number of rotatable bonds is 1. The molecule has 26 heavy (non-hydrogen) atoms. The van der Waals surface area contributed by atoms with E-state index in [2.05, 4.69) is 33.8 Å². The van der Waals surface area contributed by atoms with Crippen LogP contribution in [0.5, 0.6) is 0 Å². The lowest BCUT2D eigenvalue weighted by molar-refractivity contribution is -0.170. The number of ether oxygens (including phenoxy) is 1. The quantitative estimate of drug-likeness (QED) is 0.387. The molecule has 8 atom stereocenters. The Labute approximate surface area is 156 Å². The van der Waals surface area contributed by atoms with Crippen molar-refractivity contribution in [3.05, 3.63) is 11.6 Å². The van der Waals surface area contributed by atoms with Crippen LogP contribution in [-0.4, -0.2) is 11.9 Å². The third kappa shape index (κ3) is 1.85. The maximum Gasteiger partial charge on any atom is 0.318 e. The molecule has 2 bridgehead atoms. The lowest BCUT2D eigenvalue weighted by atomic mass is 9.36. The summed E-state index contributed by atoms with van der Waals surface area (Å²) in [7, 11) is 0. The van der Waals surface area contributed by atoms with Crippen molar-refractivity contribution in [3.63, 3.8) is 0 Å². The van der Waals surface area contributed by atoms with Gasteiger partial charge in [0.1, 0.15) is 0 Å². The minimum atomic E-state index is -0.238. The van der Waals surface area contributed by atoms with Crippen LogP contribution in [0.2, 0.25) is 0 Å². The van der Waals surface area contributed by atoms with E-state index in [-0.39, 0.29) is 35.1 Å². The van der Waals surface area contributed by atoms with Crippen LogP contribution in [0.4, 0.5) is 0 Å². The molecule has 1 spiro atoms. The fraction of sp³-hybridized carbons (Fsp3) is 0.826. The van der Waals surface area contributed by atoms with E-state index >= 15 is 0 Å². The second-order valence-electron chi connectivity index (χ2n) is 10.6. The molecule has 3 heteroatoms. The second kappa shape index (κ2) is 5.23. The fourth-order valence-corrected chi connectivity index (χ4v) is 8.43. The lowest BCUT2D eigenvalue weighted by Gasteiger charge is -2.67. The van der Waals surface area contributed by atoms with Crippen LogP contribution in [0.15, 0.2) is 11.6 Å². The van der Waals surface area contributed by atoms with Gasteiger partial charge in [-0.15, -0.1) is 0 Å². The molecule has 0 radical (unpaired) electrons. The molecule has 8 unspecified atom stereocenters. The highest BCUT2D eigenvalue weighted by molar-refractivity contribution is 5.98. The second-order valence-corrected chi connectivity index (χ2v) is 10.6. The van der Waals surface area contributed by atoms with E-state index in [9.17, 15) is 9.59 Å². The van der Waals surface area contributed by atoms with Crippen molar-refractivity contribution < 1.29 is 14.3 Å². The lowest BCUT2D eigenvalue weighted by Crippen LogP contribution is -2.63. The molecule has 1 heterocycles. The zero-order valence-electron chi connectivity index (χ0n) is 16.6. The molecule has 3 nitrogen and oxygen atoms in total. The smallest absolute Gasteiger partial charge is 0.318 e. The van der Waals surface area contributed by atoms with Gasteiger partial charge in [0.2, 0.25) is 0 Å². The monoisotopic (exact) mass is 356 g/mol. The van der Waals surface area contributed by atoms with E-state index in [1.165, 1.54) is 31.3 Å². The average Bonchev–Trinajstić information content (AvgIpc) is 2.91. The van der Waals surface area contributed by atoms with Crippen LogP contribution in [0.1, 0.15) is 66.2 Å². The normalized spacial score (nSPS) is 52.3. The molecule has 1 aliphatic heterocycles. The topological polar surface area (TPSA) is 43.4 Å². The zero-order chi connectivity index (χ0) is 18.4. The van der Waals surface area contributed by atoms with E-state index in [1.807, 2.05) is 0 Å². The van der Waals surface area contributed by atoms with E-state index in [1.54, 1.807) is 0 Å². The van der Waals surface area contributed by atoms with Gasteiger partial charge in [-0.2, -0.15) is 0 Å². The molecule has 0 aromatic rings. The summed E-state index contributed by atoms with van der Waals surface area (Å²) in [5.74, 6) is 1.87. The minimum Gasteiger partial charge on any atom is -0.393 e. The van der Waals surface area contributed by atoms with Gasteiger partial charge in [-0.1, -0.05) is 52.2 Å². The average molecular weight is 357 g/mol. The first-order valence-corrected chi connectivity index (χ1v) is 10.8. The van der Waals surface area contributed by atoms with Crippen LogP contribution >= 0.6 is 0 Å². The van der Waals surface area contributed by atoms with Gasteiger partial charge in [-0.25, -0.2) is 0 Å². The highest BCUT2D eigenvalue weighted by Gasteiger charge is 2.71. The van der Waals surface area contributed by atoms with Crippen molar-refractivity contribution in [2.75, 3.05) is 0 Å². The molecule has 1 saturated heterocycles. The summed E-state index contributed by atoms with van der Waals surface area (Å²) in [5, 5.41) is 0. The Balaban J connectivity index is 1.67. The van der Waals surface area contributed by atoms with Crippen molar-refractivity contribution in [3.8, 4) is 0 Å². The van der Waals surface area contributed by atoms with E-state index < -0.39 is 0 Å². The Bertz CT molecular complexity index is 706. The number of fused-ring (bicyclic) bond motifs is 1. The number of carbonyl (C=O) groups is 2. The fourth-order valence-electron chi connectivity index (χ4n) is 8.43. The van der Waals surface area contributed by atoms with E-state index in [0.717, 1.165) is 24.7 Å². The molecule has 5 aliphatic carbocycles. The zero-order valence-corrected chi connectivity index (χ0v) is 16.6. The summed E-state index contributed by atoms with van der Waals surface area (Å²) in [4.78, 5) is 25.4. The highest BCUT2D eigenvalue weighted by atomic mass is 16.6. The number of esters is 2. The largest absolute Gasteiger partial charge is 0.393 e. The third-order valence-corrected chi connectivity index (χ3v) is 9.36. The predicted molar refractivity (Wildman–Crippen MR) is 98.9 cm³/mol. The molecule has 0 aromatic carbocycles. The first-order chi connectivity index (χ1) is 12.3. The first kappa shape index (κ1) is 17.0. The van der Waals surface area contributed by atoms with Crippen LogP contribution in [0, 0.1) is 52.3 Å². The standard InChI is InChI=1S/C23H32O3/c1-12(2)15-11-23-9-7-16-13(3)6-5-8-22(16,4)17(23)10-14(15)18-19(23)21(25)26-20(18)24/h11-14,16-19H,5-10H2,1-4H3. The van der Waals surface area contributed by atoms with Crippen molar-refractivity contribution >= 4 is 11.9 Å². The molecular formula is C23H32O3. The molecule has 142 valence electrons. The predicted octanol–water partition coefficient (Wildman–Crippen LogP) is 4.76. The number of hydrogen-bond acceptors (Lipinski definition) is 3. The highest BCUT2D eigenvalue weighted by Crippen LogP contribution is 2.72. The number of allylic oxidation sites excluding steroid dienone is 2. The van der Waals surface area contributed by atoms with Crippen LogP contribution in [0.25, 0.3) is 0 Å². The summed E-state index contributed by atoms with van der Waals surface area (Å²) in [6, 6.07) is 0. The third-order valence-electron chi connectivity index (χ3n) is 9.36. The van der Waals surface area contributed by atoms with Gasteiger partial charge < -0.3 is 4.74 Å². The van der Waals surface area contributed by atoms with Gasteiger partial charge in [-0.05, 0) is 60.7 Å². The number of carbonyl (C=O) groups excluding carboxylic acids is 2. The van der Waals surface area contributed by atoms with E-state index in [0.29, 0.717) is 17.3 Å². The molecule has 3 saturated carbocycles. The van der Waals surface area contributed by atoms with Crippen molar-refractivity contribution in [2.45, 2.75) is 66.2 Å². The van der Waals surface area contributed by atoms with Gasteiger partial charge in [0.05, 0.1) is 11.8 Å².